The quantitative estimate of drug-likeness (QED) is 0.111. The molecule has 1 saturated heterocycles. The molecule has 1 fully saturated rings. The third kappa shape index (κ3) is 6.47. The van der Waals surface area contributed by atoms with Gasteiger partial charge in [-0.05, 0) is 98.8 Å². The number of hydrogen-bond acceptors (Lipinski definition) is 8. The van der Waals surface area contributed by atoms with Gasteiger partial charge in [0.1, 0.15) is 11.5 Å². The van der Waals surface area contributed by atoms with Gasteiger partial charge in [0.15, 0.2) is 5.60 Å². The number of aliphatic hydroxyl groups excluding tert-OH is 2. The Morgan fingerprint density at radius 3 is 2.42 bits per heavy atom. The van der Waals surface area contributed by atoms with Crippen molar-refractivity contribution in [3.8, 4) is 11.5 Å². The number of ether oxygens (including phenoxy) is 3. The molecule has 52 heavy (non-hydrogen) atoms. The minimum atomic E-state index is -2.36. The van der Waals surface area contributed by atoms with Crippen LogP contribution in [0.3, 0.4) is 0 Å². The topological polar surface area (TPSA) is 121 Å². The number of methoxy groups -OCH3 is 1. The number of carbonyl (C=O) groups is 2. The Labute approximate surface area is 308 Å². The molecule has 3 aliphatic rings. The van der Waals surface area contributed by atoms with E-state index >= 15 is 0 Å². The van der Waals surface area contributed by atoms with Crippen molar-refractivity contribution in [1.29, 1.82) is 0 Å². The fourth-order valence-electron chi connectivity index (χ4n) is 8.87. The molecule has 3 heterocycles. The van der Waals surface area contributed by atoms with Crippen molar-refractivity contribution in [3.63, 3.8) is 0 Å². The summed E-state index contributed by atoms with van der Waals surface area (Å²) in [6.45, 7) is 14.1. The van der Waals surface area contributed by atoms with Crippen LogP contribution in [0.5, 0.6) is 11.5 Å². The van der Waals surface area contributed by atoms with Crippen LogP contribution in [0.2, 0.25) is 18.6 Å². The van der Waals surface area contributed by atoms with Crippen LogP contribution in [-0.2, 0) is 26.3 Å². The molecule has 6 rings (SSSR count). The van der Waals surface area contributed by atoms with E-state index in [0.717, 1.165) is 40.4 Å². The second kappa shape index (κ2) is 15.5. The number of aliphatic hydroxyl groups is 2. The maximum absolute atomic E-state index is 14.9. The van der Waals surface area contributed by atoms with Crippen molar-refractivity contribution in [2.75, 3.05) is 49.8 Å². The number of rotatable bonds is 15. The maximum Gasteiger partial charge on any atom is 0.264 e. The van der Waals surface area contributed by atoms with Gasteiger partial charge in [0.25, 0.3) is 5.91 Å². The van der Waals surface area contributed by atoms with Crippen LogP contribution in [0.15, 0.2) is 73.3 Å². The van der Waals surface area contributed by atoms with Gasteiger partial charge in [0.2, 0.25) is 5.91 Å². The first-order chi connectivity index (χ1) is 25.1. The average molecular weight is 728 g/mol. The number of amides is 2. The second-order valence-corrected chi connectivity index (χ2v) is 19.3. The summed E-state index contributed by atoms with van der Waals surface area (Å²) in [5.41, 5.74) is 2.53. The summed E-state index contributed by atoms with van der Waals surface area (Å²) in [5.74, 6) is 1.04. The highest BCUT2D eigenvalue weighted by atomic mass is 28.3. The number of anilines is 3. The van der Waals surface area contributed by atoms with Gasteiger partial charge in [-0.3, -0.25) is 14.5 Å². The lowest BCUT2D eigenvalue weighted by Crippen LogP contribution is -2.52. The van der Waals surface area contributed by atoms with E-state index in [1.54, 1.807) is 23.0 Å². The smallest absolute Gasteiger partial charge is 0.264 e. The monoisotopic (exact) mass is 727 g/mol. The van der Waals surface area contributed by atoms with Gasteiger partial charge in [-0.1, -0.05) is 43.4 Å². The van der Waals surface area contributed by atoms with E-state index in [1.807, 2.05) is 55.5 Å². The minimum Gasteiger partial charge on any atom is -0.497 e. The Hall–Kier alpha value is -4.00. The first-order valence-corrected chi connectivity index (χ1v) is 21.6. The van der Waals surface area contributed by atoms with E-state index in [0.29, 0.717) is 44.6 Å². The molecule has 2 amide bonds. The Balaban J connectivity index is 1.47. The first-order valence-electron chi connectivity index (χ1n) is 18.5. The molecule has 3 aromatic carbocycles. The molecule has 1 unspecified atom stereocenters. The lowest BCUT2D eigenvalue weighted by atomic mass is 9.82. The van der Waals surface area contributed by atoms with Gasteiger partial charge in [-0.15, -0.1) is 6.58 Å². The highest BCUT2D eigenvalue weighted by molar-refractivity contribution is 6.91. The maximum atomic E-state index is 14.9. The molecule has 278 valence electrons. The van der Waals surface area contributed by atoms with E-state index in [4.69, 9.17) is 14.2 Å². The Morgan fingerprint density at radius 2 is 1.75 bits per heavy atom. The fraction of sp³-hybridized carbons (Fsp3) is 0.463. The number of unbranched alkanes of at least 4 members (excludes halogenated alkanes) is 1. The van der Waals surface area contributed by atoms with Crippen LogP contribution in [0.4, 0.5) is 17.1 Å². The number of hydrogen-bond donors (Lipinski definition) is 3. The molecule has 3 N–H and O–H groups in total. The van der Waals surface area contributed by atoms with Crippen molar-refractivity contribution >= 4 is 42.1 Å². The molecule has 1 spiro atoms. The highest BCUT2D eigenvalue weighted by Crippen LogP contribution is 2.60. The molecule has 10 nitrogen and oxygen atoms in total. The number of nitrogens with one attached hydrogen (secondary N) is 1. The molecular formula is C41H53N3O7Si. The van der Waals surface area contributed by atoms with Crippen molar-refractivity contribution in [2.24, 2.45) is 5.92 Å². The number of carbonyl (C=O) groups excluding carboxylic acids is 2. The number of nitrogens with zero attached hydrogens (tertiary/aromatic N) is 2. The number of benzene rings is 3. The summed E-state index contributed by atoms with van der Waals surface area (Å²) in [7, 11) is -0.703. The minimum absolute atomic E-state index is 0.0148. The van der Waals surface area contributed by atoms with Crippen molar-refractivity contribution < 1.29 is 34.0 Å². The van der Waals surface area contributed by atoms with Gasteiger partial charge in [0.05, 0.1) is 45.3 Å². The zero-order valence-electron chi connectivity index (χ0n) is 31.1. The van der Waals surface area contributed by atoms with Crippen LogP contribution in [0, 0.1) is 5.92 Å². The zero-order chi connectivity index (χ0) is 37.2. The largest absolute Gasteiger partial charge is 0.497 e. The van der Waals surface area contributed by atoms with Crippen LogP contribution in [-0.4, -0.2) is 82.3 Å². The Morgan fingerprint density at radius 1 is 1.02 bits per heavy atom. The molecule has 11 heteroatoms. The Kier molecular flexibility index (Phi) is 11.3. The third-order valence-electron chi connectivity index (χ3n) is 11.3. The standard InChI is InChI=1S/C41H53N3O7Si/c1-7-21-43-36-17-11-29(44-35-18-14-31(50-8-2)24-28(35)25-34(39(44)47)42-20-9-10-22-45)26-33(36)41(40(43)48)27(3)38(37(51-41)19-23-46)52(5,6)32-15-12-30(49-4)13-16-32/h7,11-18,24,26-27,34,37-38,42,45-46H,1,8-10,19-23,25H2,2-6H3/t27-,34?,37+,38-,41+/m1/s1. The molecule has 0 bridgehead atoms. The van der Waals surface area contributed by atoms with Crippen molar-refractivity contribution in [3.05, 3.63) is 84.4 Å². The average Bonchev–Trinajstić information content (AvgIpc) is 3.56. The van der Waals surface area contributed by atoms with Gasteiger partial charge < -0.3 is 34.6 Å². The zero-order valence-corrected chi connectivity index (χ0v) is 32.1. The Bertz CT molecular complexity index is 1780. The van der Waals surface area contributed by atoms with Crippen molar-refractivity contribution in [2.45, 2.75) is 75.9 Å². The highest BCUT2D eigenvalue weighted by Gasteiger charge is 2.66. The lowest BCUT2D eigenvalue weighted by molar-refractivity contribution is -0.146. The van der Waals surface area contributed by atoms with Crippen LogP contribution in [0.25, 0.3) is 0 Å². The molecule has 0 saturated carbocycles. The van der Waals surface area contributed by atoms with Gasteiger partial charge >= 0.3 is 0 Å². The normalized spacial score (nSPS) is 24.0. The van der Waals surface area contributed by atoms with E-state index in [9.17, 15) is 19.8 Å². The first kappa shape index (κ1) is 37.7. The third-order valence-corrected chi connectivity index (χ3v) is 15.7. The SMILES string of the molecule is C=CCN1C(=O)[C@@]2(O[C@@H](CCO)[C@H]([Si](C)(C)c3ccc(OC)cc3)[C@H]2C)c2cc(N3C(=O)C(NCCCCO)Cc4cc(OCC)ccc43)ccc21. The van der Waals surface area contributed by atoms with E-state index in [-0.39, 0.29) is 42.6 Å². The van der Waals surface area contributed by atoms with E-state index < -0.39 is 19.7 Å². The van der Waals surface area contributed by atoms with E-state index in [1.165, 1.54) is 5.19 Å². The summed E-state index contributed by atoms with van der Waals surface area (Å²) < 4.78 is 18.4. The molecule has 0 radical (unpaired) electrons. The summed E-state index contributed by atoms with van der Waals surface area (Å²) in [6.07, 6.45) is 3.66. The predicted molar refractivity (Wildman–Crippen MR) is 207 cm³/mol. The molecule has 0 aliphatic carbocycles. The second-order valence-electron chi connectivity index (χ2n) is 14.6. The van der Waals surface area contributed by atoms with Crippen molar-refractivity contribution in [1.82, 2.24) is 5.32 Å². The molecule has 3 aliphatic heterocycles. The fourth-order valence-corrected chi connectivity index (χ4v) is 12.9. The van der Waals surface area contributed by atoms with Gasteiger partial charge in [-0.2, -0.15) is 0 Å². The van der Waals surface area contributed by atoms with Crippen LogP contribution < -0.4 is 29.8 Å². The van der Waals surface area contributed by atoms with Crippen LogP contribution >= 0.6 is 0 Å². The summed E-state index contributed by atoms with van der Waals surface area (Å²) in [5, 5.41) is 24.3. The molecular weight excluding hydrogens is 675 g/mol. The summed E-state index contributed by atoms with van der Waals surface area (Å²) in [4.78, 5) is 32.8. The molecule has 3 aromatic rings. The van der Waals surface area contributed by atoms with Crippen LogP contribution in [0.1, 0.15) is 44.2 Å². The van der Waals surface area contributed by atoms with Gasteiger partial charge in [0, 0.05) is 36.9 Å². The summed E-state index contributed by atoms with van der Waals surface area (Å²) in [6, 6.07) is 19.4. The number of fused-ring (bicyclic) bond motifs is 3. The predicted octanol–water partition coefficient (Wildman–Crippen LogP) is 5.18. The van der Waals surface area contributed by atoms with Gasteiger partial charge in [-0.25, -0.2) is 0 Å². The molecule has 0 aromatic heterocycles. The molecule has 5 atom stereocenters. The lowest BCUT2D eigenvalue weighted by Gasteiger charge is -2.37. The van der Waals surface area contributed by atoms with E-state index in [2.05, 4.69) is 44.0 Å². The summed E-state index contributed by atoms with van der Waals surface area (Å²) >= 11 is 0.